The van der Waals surface area contributed by atoms with Crippen molar-refractivity contribution in [3.05, 3.63) is 51.8 Å². The van der Waals surface area contributed by atoms with Crippen molar-refractivity contribution in [2.75, 3.05) is 16.7 Å². The smallest absolute Gasteiger partial charge is 0.267 e. The Morgan fingerprint density at radius 2 is 1.93 bits per heavy atom. The maximum atomic E-state index is 12.6. The highest BCUT2D eigenvalue weighted by atomic mass is 35.5. The van der Waals surface area contributed by atoms with Crippen molar-refractivity contribution in [2.45, 2.75) is 17.9 Å². The molecular weight excluding hydrogens is 469 g/mol. The van der Waals surface area contributed by atoms with Crippen LogP contribution in [0.2, 0.25) is 10.0 Å². The lowest BCUT2D eigenvalue weighted by Gasteiger charge is -2.30. The highest BCUT2D eigenvalue weighted by Gasteiger charge is 2.29. The number of hydrogen-bond acceptors (Lipinski definition) is 6. The molecule has 0 saturated carbocycles. The number of benzene rings is 2. The average molecular weight is 484 g/mol. The topological polar surface area (TPSA) is 88.6 Å². The summed E-state index contributed by atoms with van der Waals surface area (Å²) >= 11 is 12.9. The van der Waals surface area contributed by atoms with Gasteiger partial charge in [-0.15, -0.1) is 11.3 Å². The van der Waals surface area contributed by atoms with Crippen molar-refractivity contribution in [3.8, 4) is 17.0 Å². The summed E-state index contributed by atoms with van der Waals surface area (Å²) in [6.07, 6.45) is -0.546. The van der Waals surface area contributed by atoms with Crippen LogP contribution in [0.3, 0.4) is 0 Å². The Balaban J connectivity index is 1.60. The SMILES string of the molecule is CC1Oc2ccc(-c3csc(NS(=O)(=O)c4ccc(Cl)c(Cl)c4)n3)cc2N(C)C1=O. The van der Waals surface area contributed by atoms with Crippen molar-refractivity contribution in [2.24, 2.45) is 0 Å². The summed E-state index contributed by atoms with van der Waals surface area (Å²) in [4.78, 5) is 18.0. The predicted octanol–water partition coefficient (Wildman–Crippen LogP) is 4.66. The number of anilines is 2. The molecule has 3 aromatic rings. The van der Waals surface area contributed by atoms with Gasteiger partial charge in [0.15, 0.2) is 11.2 Å². The number of carbonyl (C=O) groups excluding carboxylic acids is 1. The van der Waals surface area contributed by atoms with E-state index >= 15 is 0 Å². The zero-order chi connectivity index (χ0) is 21.6. The maximum absolute atomic E-state index is 12.6. The summed E-state index contributed by atoms with van der Waals surface area (Å²) in [5, 5.41) is 2.33. The fourth-order valence-corrected chi connectivity index (χ4v) is 5.30. The fraction of sp³-hybridized carbons (Fsp3) is 0.158. The Morgan fingerprint density at radius 1 is 1.17 bits per heavy atom. The van der Waals surface area contributed by atoms with Crippen molar-refractivity contribution in [1.82, 2.24) is 4.98 Å². The summed E-state index contributed by atoms with van der Waals surface area (Å²) in [6, 6.07) is 9.41. The first-order valence-electron chi connectivity index (χ1n) is 8.68. The Kier molecular flexibility index (Phi) is 5.39. The molecule has 1 aromatic heterocycles. The number of nitrogens with zero attached hydrogens (tertiary/aromatic N) is 2. The highest BCUT2D eigenvalue weighted by Crippen LogP contribution is 2.37. The molecule has 1 aliphatic rings. The van der Waals surface area contributed by atoms with Gasteiger partial charge in [0, 0.05) is 18.0 Å². The minimum Gasteiger partial charge on any atom is -0.479 e. The molecule has 1 amide bonds. The van der Waals surface area contributed by atoms with Gasteiger partial charge in [0.05, 0.1) is 26.3 Å². The maximum Gasteiger partial charge on any atom is 0.267 e. The standard InChI is InChI=1S/C19H15Cl2N3O4S2/c1-10-18(25)24(2)16-7-11(3-6-17(16)28-10)15-9-29-19(22-15)23-30(26,27)12-4-5-13(20)14(21)8-12/h3-10H,1-2H3,(H,22,23). The number of halogens is 2. The van der Waals surface area contributed by atoms with Crippen LogP contribution in [0.15, 0.2) is 46.7 Å². The van der Waals surface area contributed by atoms with Gasteiger partial charge in [-0.1, -0.05) is 23.2 Å². The zero-order valence-corrected chi connectivity index (χ0v) is 18.9. The molecule has 0 aliphatic carbocycles. The van der Waals surface area contributed by atoms with E-state index in [0.29, 0.717) is 17.1 Å². The molecular formula is C19H15Cl2N3O4S2. The first-order chi connectivity index (χ1) is 14.2. The third-order valence-electron chi connectivity index (χ3n) is 4.53. The van der Waals surface area contributed by atoms with Crippen molar-refractivity contribution in [1.29, 1.82) is 0 Å². The normalized spacial score (nSPS) is 16.2. The second-order valence-corrected chi connectivity index (χ2v) is 9.91. The minimum absolute atomic E-state index is 0.0196. The van der Waals surface area contributed by atoms with E-state index in [4.69, 9.17) is 27.9 Å². The molecule has 0 spiro atoms. The van der Waals surface area contributed by atoms with Gasteiger partial charge in [0.2, 0.25) is 0 Å². The molecule has 11 heteroatoms. The molecule has 0 radical (unpaired) electrons. The van der Waals surface area contributed by atoms with Crippen LogP contribution in [0.4, 0.5) is 10.8 Å². The summed E-state index contributed by atoms with van der Waals surface area (Å²) in [5.74, 6) is 0.456. The molecule has 0 bridgehead atoms. The van der Waals surface area contributed by atoms with E-state index in [-0.39, 0.29) is 26.0 Å². The Hall–Kier alpha value is -2.33. The van der Waals surface area contributed by atoms with E-state index in [9.17, 15) is 13.2 Å². The van der Waals surface area contributed by atoms with Crippen LogP contribution in [-0.4, -0.2) is 32.5 Å². The van der Waals surface area contributed by atoms with E-state index < -0.39 is 16.1 Å². The van der Waals surface area contributed by atoms with Gasteiger partial charge in [0.25, 0.3) is 15.9 Å². The predicted molar refractivity (Wildman–Crippen MR) is 118 cm³/mol. The number of ether oxygens (including phenoxy) is 1. The number of sulfonamides is 1. The van der Waals surface area contributed by atoms with Crippen LogP contribution in [-0.2, 0) is 14.8 Å². The van der Waals surface area contributed by atoms with E-state index in [1.807, 2.05) is 6.07 Å². The van der Waals surface area contributed by atoms with Gasteiger partial charge in [-0.05, 0) is 43.3 Å². The number of rotatable bonds is 4. The molecule has 1 unspecified atom stereocenters. The number of nitrogens with one attached hydrogen (secondary N) is 1. The van der Waals surface area contributed by atoms with Gasteiger partial charge >= 0.3 is 0 Å². The van der Waals surface area contributed by atoms with Crippen LogP contribution in [0.5, 0.6) is 5.75 Å². The number of likely N-dealkylation sites (N-methyl/N-ethyl adjacent to an activating group) is 1. The van der Waals surface area contributed by atoms with Crippen LogP contribution >= 0.6 is 34.5 Å². The molecule has 156 valence electrons. The Labute approximate surface area is 187 Å². The Bertz CT molecular complexity index is 1260. The summed E-state index contributed by atoms with van der Waals surface area (Å²) in [7, 11) is -2.19. The largest absolute Gasteiger partial charge is 0.479 e. The second-order valence-electron chi connectivity index (χ2n) is 6.56. The molecule has 1 N–H and O–H groups in total. The molecule has 2 aromatic carbocycles. The summed E-state index contributed by atoms with van der Waals surface area (Å²) in [5.41, 5.74) is 1.92. The lowest BCUT2D eigenvalue weighted by molar-refractivity contribution is -0.125. The quantitative estimate of drug-likeness (QED) is 0.582. The molecule has 0 fully saturated rings. The van der Waals surface area contributed by atoms with Crippen LogP contribution in [0.25, 0.3) is 11.3 Å². The first kappa shape index (κ1) is 20.9. The lowest BCUT2D eigenvalue weighted by Crippen LogP contribution is -2.41. The third-order valence-corrected chi connectivity index (χ3v) is 7.49. The number of aromatic nitrogens is 1. The molecule has 30 heavy (non-hydrogen) atoms. The van der Waals surface area contributed by atoms with Gasteiger partial charge in [-0.3, -0.25) is 9.52 Å². The van der Waals surface area contributed by atoms with Gasteiger partial charge in [0.1, 0.15) is 5.75 Å². The summed E-state index contributed by atoms with van der Waals surface area (Å²) in [6.45, 7) is 1.70. The van der Waals surface area contributed by atoms with Crippen LogP contribution < -0.4 is 14.4 Å². The van der Waals surface area contributed by atoms with Crippen molar-refractivity contribution < 1.29 is 17.9 Å². The van der Waals surface area contributed by atoms with Gasteiger partial charge in [-0.25, -0.2) is 13.4 Å². The highest BCUT2D eigenvalue weighted by molar-refractivity contribution is 7.93. The minimum atomic E-state index is -3.88. The van der Waals surface area contributed by atoms with Crippen LogP contribution in [0.1, 0.15) is 6.92 Å². The van der Waals surface area contributed by atoms with E-state index in [1.54, 1.807) is 31.5 Å². The molecule has 7 nitrogen and oxygen atoms in total. The van der Waals surface area contributed by atoms with Crippen molar-refractivity contribution >= 4 is 61.3 Å². The number of thiazole rings is 1. The van der Waals surface area contributed by atoms with E-state index in [2.05, 4.69) is 9.71 Å². The zero-order valence-electron chi connectivity index (χ0n) is 15.7. The third kappa shape index (κ3) is 3.85. The number of carbonyl (C=O) groups is 1. The van der Waals surface area contributed by atoms with Crippen molar-refractivity contribution in [3.63, 3.8) is 0 Å². The first-order valence-corrected chi connectivity index (χ1v) is 11.8. The number of fused-ring (bicyclic) bond motifs is 1. The molecule has 1 atom stereocenters. The van der Waals surface area contributed by atoms with Crippen LogP contribution in [0, 0.1) is 0 Å². The monoisotopic (exact) mass is 483 g/mol. The molecule has 4 rings (SSSR count). The number of amides is 1. The number of hydrogen-bond donors (Lipinski definition) is 1. The van der Waals surface area contributed by atoms with Gasteiger partial charge < -0.3 is 9.64 Å². The lowest BCUT2D eigenvalue weighted by atomic mass is 10.1. The fourth-order valence-electron chi connectivity index (χ4n) is 2.94. The van der Waals surface area contributed by atoms with Gasteiger partial charge in [-0.2, -0.15) is 0 Å². The van der Waals surface area contributed by atoms with E-state index in [0.717, 1.165) is 16.9 Å². The molecule has 1 aliphatic heterocycles. The molecule has 0 saturated heterocycles. The average Bonchev–Trinajstić information content (AvgIpc) is 3.16. The van der Waals surface area contributed by atoms with E-state index in [1.165, 1.54) is 23.1 Å². The Morgan fingerprint density at radius 3 is 2.67 bits per heavy atom. The molecule has 2 heterocycles. The summed E-state index contributed by atoms with van der Waals surface area (Å²) < 4.78 is 33.3. The second kappa shape index (κ2) is 7.73.